The first-order valence-corrected chi connectivity index (χ1v) is 10.5. The van der Waals surface area contributed by atoms with Crippen LogP contribution in [0.2, 0.25) is 0 Å². The van der Waals surface area contributed by atoms with Gasteiger partial charge in [0.1, 0.15) is 5.75 Å². The molecule has 1 N–H and O–H groups in total. The van der Waals surface area contributed by atoms with E-state index in [4.69, 9.17) is 4.74 Å². The largest absolute Gasteiger partial charge is 0.493 e. The molecule has 0 aromatic heterocycles. The zero-order chi connectivity index (χ0) is 18.4. The number of benzene rings is 2. The Kier molecular flexibility index (Phi) is 4.03. The molecule has 1 atom stereocenters. The van der Waals surface area contributed by atoms with Gasteiger partial charge in [0.15, 0.2) is 9.84 Å². The molecule has 2 aromatic carbocycles. The highest BCUT2D eigenvalue weighted by atomic mass is 32.2. The molecule has 1 fully saturated rings. The Morgan fingerprint density at radius 1 is 1.12 bits per heavy atom. The molecule has 26 heavy (non-hydrogen) atoms. The lowest BCUT2D eigenvalue weighted by molar-refractivity contribution is 0.0915. The van der Waals surface area contributed by atoms with Crippen LogP contribution in [0.5, 0.6) is 5.75 Å². The van der Waals surface area contributed by atoms with Gasteiger partial charge in [-0.15, -0.1) is 0 Å². The molecule has 136 valence electrons. The lowest BCUT2D eigenvalue weighted by Gasteiger charge is -2.23. The van der Waals surface area contributed by atoms with Gasteiger partial charge in [-0.1, -0.05) is 18.2 Å². The maximum Gasteiger partial charge on any atom is 0.251 e. The summed E-state index contributed by atoms with van der Waals surface area (Å²) in [5.41, 5.74) is 3.18. The molecule has 0 unspecified atom stereocenters. The molecule has 2 heterocycles. The van der Waals surface area contributed by atoms with E-state index >= 15 is 0 Å². The van der Waals surface area contributed by atoms with E-state index in [1.54, 1.807) is 19.1 Å². The fourth-order valence-corrected chi connectivity index (χ4v) is 5.73. The van der Waals surface area contributed by atoms with E-state index in [0.29, 0.717) is 12.0 Å². The van der Waals surface area contributed by atoms with Gasteiger partial charge in [0, 0.05) is 12.0 Å². The maximum absolute atomic E-state index is 12.5. The van der Waals surface area contributed by atoms with Gasteiger partial charge in [-0.25, -0.2) is 8.42 Å². The highest BCUT2D eigenvalue weighted by molar-refractivity contribution is 7.91. The monoisotopic (exact) mass is 371 g/mol. The molecule has 5 nitrogen and oxygen atoms in total. The fourth-order valence-electron chi connectivity index (χ4n) is 3.64. The summed E-state index contributed by atoms with van der Waals surface area (Å²) in [5, 5.41) is 2.89. The molecule has 0 aliphatic carbocycles. The number of nitrogens with one attached hydrogen (secondary N) is 1. The molecule has 1 saturated heterocycles. The third kappa shape index (κ3) is 3.33. The Morgan fingerprint density at radius 2 is 1.85 bits per heavy atom. The minimum absolute atomic E-state index is 0.00101. The topological polar surface area (TPSA) is 72.5 Å². The van der Waals surface area contributed by atoms with Crippen molar-refractivity contribution in [2.24, 2.45) is 0 Å². The van der Waals surface area contributed by atoms with Gasteiger partial charge < -0.3 is 10.1 Å². The maximum atomic E-state index is 12.5. The van der Waals surface area contributed by atoms with Crippen molar-refractivity contribution in [1.82, 2.24) is 5.32 Å². The SMILES string of the molecule is C[C@@]1(NC(=O)c2ccc(-c3ccc4c(c3)CCO4)cc2)CCS(=O)(=O)C1. The van der Waals surface area contributed by atoms with Crippen molar-refractivity contribution in [1.29, 1.82) is 0 Å². The Bertz CT molecular complexity index is 966. The van der Waals surface area contributed by atoms with Crippen molar-refractivity contribution in [3.8, 4) is 16.9 Å². The molecule has 0 bridgehead atoms. The molecular weight excluding hydrogens is 350 g/mol. The van der Waals surface area contributed by atoms with Gasteiger partial charge in [0.2, 0.25) is 0 Å². The normalized spacial score (nSPS) is 23.3. The molecule has 1 amide bonds. The van der Waals surface area contributed by atoms with Crippen LogP contribution in [0.4, 0.5) is 0 Å². The van der Waals surface area contributed by atoms with Crippen molar-refractivity contribution >= 4 is 15.7 Å². The summed E-state index contributed by atoms with van der Waals surface area (Å²) in [6, 6.07) is 13.5. The van der Waals surface area contributed by atoms with Crippen LogP contribution in [0.25, 0.3) is 11.1 Å². The number of amides is 1. The number of hydrogen-bond donors (Lipinski definition) is 1. The molecular formula is C20H21NO4S. The Labute approximate surface area is 153 Å². The summed E-state index contributed by atoms with van der Waals surface area (Å²) in [4.78, 5) is 12.5. The van der Waals surface area contributed by atoms with Crippen molar-refractivity contribution in [3.05, 3.63) is 53.6 Å². The van der Waals surface area contributed by atoms with Crippen LogP contribution in [0.1, 0.15) is 29.3 Å². The molecule has 0 spiro atoms. The minimum Gasteiger partial charge on any atom is -0.493 e. The first-order valence-electron chi connectivity index (χ1n) is 8.73. The van der Waals surface area contributed by atoms with Crippen LogP contribution in [0.15, 0.2) is 42.5 Å². The van der Waals surface area contributed by atoms with Gasteiger partial charge in [-0.05, 0) is 54.3 Å². The van der Waals surface area contributed by atoms with E-state index in [2.05, 4.69) is 11.4 Å². The molecule has 6 heteroatoms. The highest BCUT2D eigenvalue weighted by Crippen LogP contribution is 2.30. The summed E-state index contributed by atoms with van der Waals surface area (Å²) < 4.78 is 28.9. The van der Waals surface area contributed by atoms with Gasteiger partial charge >= 0.3 is 0 Å². The van der Waals surface area contributed by atoms with Crippen molar-refractivity contribution in [3.63, 3.8) is 0 Å². The van der Waals surface area contributed by atoms with Crippen LogP contribution in [-0.4, -0.2) is 38.0 Å². The summed E-state index contributed by atoms with van der Waals surface area (Å²) >= 11 is 0. The van der Waals surface area contributed by atoms with Crippen molar-refractivity contribution in [2.75, 3.05) is 18.1 Å². The summed E-state index contributed by atoms with van der Waals surface area (Å²) in [7, 11) is -3.05. The number of ether oxygens (including phenoxy) is 1. The molecule has 0 radical (unpaired) electrons. The van der Waals surface area contributed by atoms with Crippen LogP contribution >= 0.6 is 0 Å². The fraction of sp³-hybridized carbons (Fsp3) is 0.350. The van der Waals surface area contributed by atoms with E-state index in [0.717, 1.165) is 29.9 Å². The van der Waals surface area contributed by atoms with Gasteiger partial charge in [0.25, 0.3) is 5.91 Å². The highest BCUT2D eigenvalue weighted by Gasteiger charge is 2.39. The average molecular weight is 371 g/mol. The van der Waals surface area contributed by atoms with Gasteiger partial charge in [-0.3, -0.25) is 4.79 Å². The molecule has 2 aromatic rings. The van der Waals surface area contributed by atoms with Crippen molar-refractivity contribution in [2.45, 2.75) is 25.3 Å². The van der Waals surface area contributed by atoms with Crippen LogP contribution in [0, 0.1) is 0 Å². The van der Waals surface area contributed by atoms with Crippen LogP contribution in [0.3, 0.4) is 0 Å². The summed E-state index contributed by atoms with van der Waals surface area (Å²) in [5.74, 6) is 0.842. The minimum atomic E-state index is -3.05. The number of hydrogen-bond acceptors (Lipinski definition) is 4. The van der Waals surface area contributed by atoms with E-state index in [9.17, 15) is 13.2 Å². The van der Waals surface area contributed by atoms with E-state index in [1.807, 2.05) is 24.3 Å². The summed E-state index contributed by atoms with van der Waals surface area (Å²) in [6.07, 6.45) is 1.38. The number of fused-ring (bicyclic) bond motifs is 1. The number of sulfone groups is 1. The number of carbonyl (C=O) groups is 1. The van der Waals surface area contributed by atoms with Gasteiger partial charge in [-0.2, -0.15) is 0 Å². The molecule has 0 saturated carbocycles. The van der Waals surface area contributed by atoms with Gasteiger partial charge in [0.05, 0.1) is 23.7 Å². The second-order valence-corrected chi connectivity index (χ2v) is 9.54. The van der Waals surface area contributed by atoms with E-state index in [-0.39, 0.29) is 17.4 Å². The molecule has 2 aliphatic rings. The Hall–Kier alpha value is -2.34. The predicted octanol–water partition coefficient (Wildman–Crippen LogP) is 2.60. The first-order chi connectivity index (χ1) is 12.3. The summed E-state index contributed by atoms with van der Waals surface area (Å²) in [6.45, 7) is 2.52. The number of rotatable bonds is 3. The molecule has 2 aliphatic heterocycles. The lowest BCUT2D eigenvalue weighted by Crippen LogP contribution is -2.46. The predicted molar refractivity (Wildman–Crippen MR) is 100 cm³/mol. The Balaban J connectivity index is 1.50. The third-order valence-corrected chi connectivity index (χ3v) is 6.99. The average Bonchev–Trinajstić information content (AvgIpc) is 3.18. The van der Waals surface area contributed by atoms with Crippen LogP contribution < -0.4 is 10.1 Å². The zero-order valence-electron chi connectivity index (χ0n) is 14.6. The third-order valence-electron chi connectivity index (χ3n) is 5.09. The van der Waals surface area contributed by atoms with Crippen LogP contribution in [-0.2, 0) is 16.3 Å². The quantitative estimate of drug-likeness (QED) is 0.900. The smallest absolute Gasteiger partial charge is 0.251 e. The number of carbonyl (C=O) groups excluding carboxylic acids is 1. The second-order valence-electron chi connectivity index (χ2n) is 7.36. The zero-order valence-corrected chi connectivity index (χ0v) is 15.4. The van der Waals surface area contributed by atoms with Crippen molar-refractivity contribution < 1.29 is 17.9 Å². The van der Waals surface area contributed by atoms with E-state index in [1.165, 1.54) is 5.56 Å². The Morgan fingerprint density at radius 3 is 2.54 bits per heavy atom. The molecule has 4 rings (SSSR count). The second kappa shape index (κ2) is 6.13. The standard InChI is InChI=1S/C20H21NO4S/c1-20(9-11-26(23,24)13-20)21-19(22)15-4-2-14(3-5-15)16-6-7-18-17(12-16)8-10-25-18/h2-7,12H,8-11,13H2,1H3,(H,21,22)/t20-/m1/s1. The van der Waals surface area contributed by atoms with E-state index < -0.39 is 15.4 Å². The first kappa shape index (κ1) is 17.1. The lowest BCUT2D eigenvalue weighted by atomic mass is 9.99.